The molecule has 568 valence electrons. The van der Waals surface area contributed by atoms with Crippen molar-refractivity contribution in [2.24, 2.45) is 16.2 Å². The normalized spacial score (nSPS) is 38.5. The number of alkyl halides is 10. The zero-order chi connectivity index (χ0) is 75.0. The first-order chi connectivity index (χ1) is 43.7. The lowest BCUT2D eigenvalue weighted by Gasteiger charge is -2.45. The Morgan fingerprint density at radius 2 is 0.602 bits per heavy atom. The molecule has 51 nitrogen and oxygen atoms in total. The summed E-state index contributed by atoms with van der Waals surface area (Å²) in [5.74, 6) is -12.1. The van der Waals surface area contributed by atoms with E-state index >= 15 is 0 Å². The number of hydrogen-bond donors (Lipinski definition) is 0. The Kier molecular flexibility index (Phi) is 21.0. The number of halogens is 10. The van der Waals surface area contributed by atoms with Crippen LogP contribution in [0, 0.1) is 16.2 Å². The first kappa shape index (κ1) is 81.2. The Labute approximate surface area is 535 Å². The maximum absolute atomic E-state index is 13.5. The number of carbonyl (C=O) groups is 4. The van der Waals surface area contributed by atoms with E-state index in [2.05, 4.69) is 106 Å². The molecule has 6 spiro atoms. The van der Waals surface area contributed by atoms with Crippen molar-refractivity contribution in [2.45, 2.75) is 67.7 Å². The molecule has 12 fully saturated rings. The molecule has 73 heteroatoms. The first-order valence-corrected chi connectivity index (χ1v) is 38.2. The van der Waals surface area contributed by atoms with Crippen molar-refractivity contribution in [3.05, 3.63) is 0 Å². The summed E-state index contributed by atoms with van der Waals surface area (Å²) < 4.78 is 470. The van der Waals surface area contributed by atoms with Gasteiger partial charge in [-0.15, -0.1) is 0 Å². The number of rotatable bonds is 0. The summed E-state index contributed by atoms with van der Waals surface area (Å²) >= 11 is 0. The highest BCUT2D eigenvalue weighted by molar-refractivity contribution is 7.91. The molecular formula is C25H20F10O51S12. The van der Waals surface area contributed by atoms with Gasteiger partial charge in [0.15, 0.2) is 5.41 Å². The van der Waals surface area contributed by atoms with Gasteiger partial charge in [0.25, 0.3) is 18.5 Å². The topological polar surface area (TPSA) is 682 Å². The van der Waals surface area contributed by atoms with E-state index in [4.69, 9.17) is 0 Å². The van der Waals surface area contributed by atoms with E-state index in [0.29, 0.717) is 0 Å². The summed E-state index contributed by atoms with van der Waals surface area (Å²) in [5, 5.41) is 0. The standard InChI is InChI=1S/2C5H4F4O8S2.C5H4O10S2.C4H4F2O7S2.C3O10S2.C3H4O8S2/c6-1-5(2(7)15-18(10,11)14-1)3(8)16-19(12,13)17-4(5)9;6-4(7)3(1-14-18(10,11)16-4)2-15-19(12,13)17-5(3,8)9;6-3-5(1-12-16(8,9)14-3)2-13-17(10,11)15-4(5)7;1-14(7)10-2(5)4(12-14)3(6)11-15(8,9)13-4;4-1-3(12-14(6,7)10-1)2(5)11-15(8,9)13-3;4-12(5)8-1-3(10-12)2-9-13(6,7)11-3/h1-4H;1-2H2;1-2H2;2-3H,1H2;;1-2H2. The highest BCUT2D eigenvalue weighted by atomic mass is 32.3. The Morgan fingerprint density at radius 3 is 0.857 bits per heavy atom. The molecule has 0 radical (unpaired) electrons. The van der Waals surface area contributed by atoms with Gasteiger partial charge in [-0.05, 0) is 0 Å². The average Bonchev–Trinajstić information content (AvgIpc) is 1.32. The molecule has 0 bridgehead atoms. The molecule has 12 saturated heterocycles. The lowest BCUT2D eigenvalue weighted by Crippen LogP contribution is -2.67. The van der Waals surface area contributed by atoms with Crippen molar-refractivity contribution in [1.82, 2.24) is 0 Å². The van der Waals surface area contributed by atoms with Crippen molar-refractivity contribution < 1.29 is 260 Å². The van der Waals surface area contributed by atoms with Crippen LogP contribution in [0.1, 0.15) is 0 Å². The number of hydrogen-bond acceptors (Lipinski definition) is 51. The van der Waals surface area contributed by atoms with Gasteiger partial charge in [0.2, 0.25) is 46.3 Å². The van der Waals surface area contributed by atoms with Gasteiger partial charge in [-0.2, -0.15) is 131 Å². The smallest absolute Gasteiger partial charge is 0.323 e. The van der Waals surface area contributed by atoms with Crippen molar-refractivity contribution in [1.29, 1.82) is 0 Å². The zero-order valence-electron chi connectivity index (χ0n) is 43.9. The molecule has 0 aliphatic carbocycles. The minimum atomic E-state index is -5.19. The summed E-state index contributed by atoms with van der Waals surface area (Å²) in [4.78, 5) is 44.5. The van der Waals surface area contributed by atoms with Crippen LogP contribution in [0.25, 0.3) is 0 Å². The Hall–Kier alpha value is -4.15. The van der Waals surface area contributed by atoms with Gasteiger partial charge < -0.3 is 16.7 Å². The molecule has 98 heavy (non-hydrogen) atoms. The minimum Gasteiger partial charge on any atom is -0.323 e. The van der Waals surface area contributed by atoms with Crippen LogP contribution in [0.3, 0.4) is 0 Å². The lowest BCUT2D eigenvalue weighted by molar-refractivity contribution is -0.404. The summed E-state index contributed by atoms with van der Waals surface area (Å²) in [5.41, 5.74) is -9.70. The second-order valence-electron chi connectivity index (χ2n) is 17.7. The average molecular weight is 1710 g/mol. The van der Waals surface area contributed by atoms with Crippen LogP contribution in [0.4, 0.5) is 43.9 Å². The SMILES string of the molecule is C=S1(=O)OC(F)C2(O1)OS(=O)(=O)OC2F.O=C1OS(=O)(=O)OC12OS(=O)(=O)OC2=O.O=C1OS(=O)(=O)OCC12COS(=O)(=O)OC2=O.O=S1(=O)OC(F)C2(C(F)O1)C(F)OS(=O)(=O)OC2F.O=S1(=O)OCC2(COS(=O)(=O)O2)O1.O=S1(=O)OCC2(COS(=O)(=O)OC2(F)F)C(F)(F)O1. The summed E-state index contributed by atoms with van der Waals surface area (Å²) in [6.07, 6.45) is -29.4. The van der Waals surface area contributed by atoms with Crippen molar-refractivity contribution >= 4 is 154 Å². The molecule has 12 heterocycles. The second-order valence-corrected chi connectivity index (χ2v) is 32.4. The van der Waals surface area contributed by atoms with E-state index in [-0.39, 0.29) is 0 Å². The Bertz CT molecular complexity index is 4390. The highest BCUT2D eigenvalue weighted by Gasteiger charge is 2.79. The predicted molar refractivity (Wildman–Crippen MR) is 243 cm³/mol. The third kappa shape index (κ3) is 16.6. The van der Waals surface area contributed by atoms with Gasteiger partial charge in [0.1, 0.15) is 13.2 Å². The molecule has 0 N–H and O–H groups in total. The third-order valence-electron chi connectivity index (χ3n) is 11.1. The van der Waals surface area contributed by atoms with Crippen molar-refractivity contribution in [3.63, 3.8) is 0 Å². The first-order valence-electron chi connectivity index (χ1n) is 22.0. The summed E-state index contributed by atoms with van der Waals surface area (Å²) in [7, 11) is -56.3. The molecule has 12 rings (SSSR count). The van der Waals surface area contributed by atoms with Crippen LogP contribution >= 0.6 is 0 Å². The Balaban J connectivity index is 0.000000166. The van der Waals surface area contributed by atoms with E-state index in [1.807, 2.05) is 0 Å². The van der Waals surface area contributed by atoms with E-state index in [1.54, 1.807) is 0 Å². The fourth-order valence-electron chi connectivity index (χ4n) is 6.64. The molecule has 0 aromatic heterocycles. The summed E-state index contributed by atoms with van der Waals surface area (Å²) in [6, 6.07) is 0. The summed E-state index contributed by atoms with van der Waals surface area (Å²) in [6.45, 7) is -6.52. The minimum absolute atomic E-state index is 0.533. The van der Waals surface area contributed by atoms with Gasteiger partial charge in [-0.25, -0.2) is 112 Å². The maximum Gasteiger partial charge on any atom is 0.455 e. The molecule has 12 aliphatic rings. The molecular weight excluding hydrogens is 1690 g/mol. The van der Waals surface area contributed by atoms with E-state index < -0.39 is 272 Å². The second kappa shape index (κ2) is 25.3. The van der Waals surface area contributed by atoms with Crippen LogP contribution < -0.4 is 0 Å². The van der Waals surface area contributed by atoms with Crippen LogP contribution in [-0.2, 0) is 244 Å². The highest BCUT2D eigenvalue weighted by Crippen LogP contribution is 2.56. The van der Waals surface area contributed by atoms with Crippen molar-refractivity contribution in [2.75, 3.05) is 39.6 Å². The largest absolute Gasteiger partial charge is 0.455 e. The molecule has 0 amide bonds. The monoisotopic (exact) mass is 1710 g/mol. The van der Waals surface area contributed by atoms with Gasteiger partial charge in [0, 0.05) is 5.87 Å². The predicted octanol–water partition coefficient (Wildman–Crippen LogP) is -8.17. The van der Waals surface area contributed by atoms with Gasteiger partial charge in [0.05, 0.1) is 26.4 Å². The van der Waals surface area contributed by atoms with Crippen LogP contribution in [0.5, 0.6) is 0 Å². The van der Waals surface area contributed by atoms with Crippen LogP contribution in [0.2, 0.25) is 0 Å². The quantitative estimate of drug-likeness (QED) is 0.123. The van der Waals surface area contributed by atoms with E-state index in [1.165, 1.54) is 0 Å². The molecule has 12 aliphatic heterocycles. The number of carbonyl (C=O) groups excluding carboxylic acids is 4. The van der Waals surface area contributed by atoms with Crippen molar-refractivity contribution in [3.8, 4) is 0 Å². The van der Waals surface area contributed by atoms with E-state index in [9.17, 15) is 160 Å². The maximum atomic E-state index is 13.5. The molecule has 0 saturated carbocycles. The zero-order valence-corrected chi connectivity index (χ0v) is 53.7. The fraction of sp³-hybridized carbons (Fsp3) is 0.800. The molecule has 8 unspecified atom stereocenters. The van der Waals surface area contributed by atoms with Gasteiger partial charge in [-0.3, -0.25) is 0 Å². The molecule has 0 aromatic rings. The fourth-order valence-corrected chi connectivity index (χ4v) is 16.7. The molecule has 8 atom stereocenters. The van der Waals surface area contributed by atoms with E-state index in [0.717, 1.165) is 0 Å². The Morgan fingerprint density at radius 1 is 0.306 bits per heavy atom. The van der Waals surface area contributed by atoms with Gasteiger partial charge >= 0.3 is 162 Å². The lowest BCUT2D eigenvalue weighted by atomic mass is 9.87. The van der Waals surface area contributed by atoms with Crippen LogP contribution in [-0.4, -0.2) is 234 Å². The van der Waals surface area contributed by atoms with Crippen LogP contribution in [0.15, 0.2) is 0 Å². The van der Waals surface area contributed by atoms with Gasteiger partial charge in [-0.1, -0.05) is 0 Å². The third-order valence-corrected chi connectivity index (χ3v) is 21.1. The molecule has 0 aromatic carbocycles.